The molecule has 2 rings (SSSR count). The summed E-state index contributed by atoms with van der Waals surface area (Å²) in [6.45, 7) is 0.687. The molecule has 1 aromatic rings. The van der Waals surface area contributed by atoms with Crippen molar-refractivity contribution in [3.05, 3.63) is 16.3 Å². The van der Waals surface area contributed by atoms with Crippen molar-refractivity contribution < 1.29 is 9.90 Å². The summed E-state index contributed by atoms with van der Waals surface area (Å²) in [6, 6.07) is 1.74. The number of nitrogen functional groups attached to an aromatic ring is 1. The average Bonchev–Trinajstić information content (AvgIpc) is 2.83. The number of anilines is 1. The zero-order chi connectivity index (χ0) is 13.0. The SMILES string of the molecule is Nc1ccsc1C(=O)NCC1(CO)CCCCC1. The van der Waals surface area contributed by atoms with E-state index in [0.717, 1.165) is 25.7 Å². The minimum atomic E-state index is -0.125. The van der Waals surface area contributed by atoms with E-state index in [9.17, 15) is 9.90 Å². The van der Waals surface area contributed by atoms with Crippen LogP contribution in [0.2, 0.25) is 0 Å². The van der Waals surface area contributed by atoms with Crippen molar-refractivity contribution in [2.24, 2.45) is 5.41 Å². The van der Waals surface area contributed by atoms with E-state index < -0.39 is 0 Å². The lowest BCUT2D eigenvalue weighted by atomic mass is 9.74. The number of nitrogens with two attached hydrogens (primary N) is 1. The molecule has 0 aromatic carbocycles. The molecule has 0 atom stereocenters. The van der Waals surface area contributed by atoms with Gasteiger partial charge in [0.15, 0.2) is 0 Å². The molecule has 4 N–H and O–H groups in total. The van der Waals surface area contributed by atoms with E-state index in [-0.39, 0.29) is 17.9 Å². The van der Waals surface area contributed by atoms with Gasteiger partial charge in [-0.3, -0.25) is 4.79 Å². The lowest BCUT2D eigenvalue weighted by molar-refractivity contribution is 0.0720. The number of carbonyl (C=O) groups excluding carboxylic acids is 1. The van der Waals surface area contributed by atoms with Crippen LogP contribution >= 0.6 is 11.3 Å². The Morgan fingerprint density at radius 2 is 2.17 bits per heavy atom. The number of aliphatic hydroxyl groups is 1. The van der Waals surface area contributed by atoms with Gasteiger partial charge in [-0.15, -0.1) is 11.3 Å². The molecule has 100 valence electrons. The summed E-state index contributed by atoms with van der Waals surface area (Å²) < 4.78 is 0. The molecule has 0 spiro atoms. The van der Waals surface area contributed by atoms with Crippen LogP contribution in [-0.2, 0) is 0 Å². The van der Waals surface area contributed by atoms with E-state index >= 15 is 0 Å². The van der Waals surface area contributed by atoms with Crippen molar-refractivity contribution in [3.8, 4) is 0 Å². The first-order chi connectivity index (χ1) is 8.67. The van der Waals surface area contributed by atoms with Crippen LogP contribution in [0.25, 0.3) is 0 Å². The van der Waals surface area contributed by atoms with Gasteiger partial charge in [0.25, 0.3) is 5.91 Å². The highest BCUT2D eigenvalue weighted by Gasteiger charge is 2.31. The lowest BCUT2D eigenvalue weighted by Crippen LogP contribution is -2.41. The van der Waals surface area contributed by atoms with E-state index in [1.165, 1.54) is 17.8 Å². The van der Waals surface area contributed by atoms with Crippen molar-refractivity contribution in [2.75, 3.05) is 18.9 Å². The Morgan fingerprint density at radius 3 is 2.72 bits per heavy atom. The molecule has 18 heavy (non-hydrogen) atoms. The van der Waals surface area contributed by atoms with Gasteiger partial charge in [-0.2, -0.15) is 0 Å². The summed E-state index contributed by atoms with van der Waals surface area (Å²) in [4.78, 5) is 12.5. The first-order valence-corrected chi connectivity index (χ1v) is 7.27. The van der Waals surface area contributed by atoms with E-state index in [1.807, 2.05) is 5.38 Å². The zero-order valence-corrected chi connectivity index (χ0v) is 11.3. The van der Waals surface area contributed by atoms with Crippen LogP contribution in [-0.4, -0.2) is 24.2 Å². The molecule has 0 aliphatic heterocycles. The van der Waals surface area contributed by atoms with Gasteiger partial charge >= 0.3 is 0 Å². The van der Waals surface area contributed by atoms with E-state index in [2.05, 4.69) is 5.32 Å². The summed E-state index contributed by atoms with van der Waals surface area (Å²) in [5.74, 6) is -0.124. The van der Waals surface area contributed by atoms with Crippen LogP contribution in [0.5, 0.6) is 0 Å². The second-order valence-corrected chi connectivity index (χ2v) is 6.02. The Bertz CT molecular complexity index is 411. The van der Waals surface area contributed by atoms with Gasteiger partial charge in [0.2, 0.25) is 0 Å². The fourth-order valence-electron chi connectivity index (χ4n) is 2.54. The van der Waals surface area contributed by atoms with Crippen LogP contribution in [0.15, 0.2) is 11.4 Å². The number of thiophene rings is 1. The molecule has 1 aromatic heterocycles. The number of nitrogens with one attached hydrogen (secondary N) is 1. The van der Waals surface area contributed by atoms with Gasteiger partial charge in [0, 0.05) is 12.0 Å². The molecule has 1 heterocycles. The fourth-order valence-corrected chi connectivity index (χ4v) is 3.28. The van der Waals surface area contributed by atoms with Gasteiger partial charge in [-0.05, 0) is 24.3 Å². The van der Waals surface area contributed by atoms with Crippen LogP contribution in [0.4, 0.5) is 5.69 Å². The monoisotopic (exact) mass is 268 g/mol. The maximum Gasteiger partial charge on any atom is 0.263 e. The maximum atomic E-state index is 12.0. The van der Waals surface area contributed by atoms with Gasteiger partial charge in [0.1, 0.15) is 4.88 Å². The van der Waals surface area contributed by atoms with E-state index in [4.69, 9.17) is 5.73 Å². The molecule has 1 amide bonds. The standard InChI is InChI=1S/C13H20N2O2S/c14-10-4-7-18-11(10)12(17)15-8-13(9-16)5-2-1-3-6-13/h4,7,16H,1-3,5-6,8-9,14H2,(H,15,17). The number of hydrogen-bond donors (Lipinski definition) is 3. The first-order valence-electron chi connectivity index (χ1n) is 6.39. The highest BCUT2D eigenvalue weighted by atomic mass is 32.1. The fraction of sp³-hybridized carbons (Fsp3) is 0.615. The Hall–Kier alpha value is -1.07. The van der Waals surface area contributed by atoms with Gasteiger partial charge < -0.3 is 16.2 Å². The predicted molar refractivity (Wildman–Crippen MR) is 73.7 cm³/mol. The Morgan fingerprint density at radius 1 is 1.44 bits per heavy atom. The summed E-state index contributed by atoms with van der Waals surface area (Å²) in [5, 5.41) is 14.3. The second-order valence-electron chi connectivity index (χ2n) is 5.11. The van der Waals surface area contributed by atoms with Crippen LogP contribution < -0.4 is 11.1 Å². The number of rotatable bonds is 4. The average molecular weight is 268 g/mol. The van der Waals surface area contributed by atoms with Crippen molar-refractivity contribution >= 4 is 22.9 Å². The van der Waals surface area contributed by atoms with Crippen molar-refractivity contribution in [1.82, 2.24) is 5.32 Å². The highest BCUT2D eigenvalue weighted by Crippen LogP contribution is 2.35. The van der Waals surface area contributed by atoms with Crippen molar-refractivity contribution in [2.45, 2.75) is 32.1 Å². The molecule has 0 radical (unpaired) electrons. The van der Waals surface area contributed by atoms with Gasteiger partial charge in [-0.1, -0.05) is 19.3 Å². The van der Waals surface area contributed by atoms with Crippen LogP contribution in [0, 0.1) is 5.41 Å². The number of hydrogen-bond acceptors (Lipinski definition) is 4. The molecule has 4 nitrogen and oxygen atoms in total. The van der Waals surface area contributed by atoms with E-state index in [0.29, 0.717) is 17.1 Å². The van der Waals surface area contributed by atoms with Crippen molar-refractivity contribution in [3.63, 3.8) is 0 Å². The number of carbonyl (C=O) groups is 1. The summed E-state index contributed by atoms with van der Waals surface area (Å²) in [7, 11) is 0. The summed E-state index contributed by atoms with van der Waals surface area (Å²) in [5.41, 5.74) is 6.12. The van der Waals surface area contributed by atoms with Gasteiger partial charge in [-0.25, -0.2) is 0 Å². The zero-order valence-electron chi connectivity index (χ0n) is 10.4. The topological polar surface area (TPSA) is 75.4 Å². The Labute approximate surface area is 111 Å². The van der Waals surface area contributed by atoms with Crippen molar-refractivity contribution in [1.29, 1.82) is 0 Å². The molecule has 1 fully saturated rings. The quantitative estimate of drug-likeness (QED) is 0.782. The first kappa shape index (κ1) is 13.4. The molecule has 0 unspecified atom stereocenters. The van der Waals surface area contributed by atoms with Crippen LogP contribution in [0.3, 0.4) is 0 Å². The lowest BCUT2D eigenvalue weighted by Gasteiger charge is -2.35. The third-order valence-corrected chi connectivity index (χ3v) is 4.70. The molecule has 0 bridgehead atoms. The minimum Gasteiger partial charge on any atom is -0.397 e. The third kappa shape index (κ3) is 2.84. The minimum absolute atomic E-state index is 0.124. The van der Waals surface area contributed by atoms with Gasteiger partial charge in [0.05, 0.1) is 12.3 Å². The van der Waals surface area contributed by atoms with Crippen LogP contribution in [0.1, 0.15) is 41.8 Å². The largest absolute Gasteiger partial charge is 0.397 e. The highest BCUT2D eigenvalue weighted by molar-refractivity contribution is 7.12. The molecule has 5 heteroatoms. The predicted octanol–water partition coefficient (Wildman–Crippen LogP) is 2.00. The van der Waals surface area contributed by atoms with E-state index in [1.54, 1.807) is 6.07 Å². The molecule has 1 aliphatic rings. The second kappa shape index (κ2) is 5.71. The molecular weight excluding hydrogens is 248 g/mol. The molecule has 0 saturated heterocycles. The Kier molecular flexibility index (Phi) is 4.24. The number of amides is 1. The summed E-state index contributed by atoms with van der Waals surface area (Å²) >= 11 is 1.35. The molecule has 1 saturated carbocycles. The summed E-state index contributed by atoms with van der Waals surface area (Å²) in [6.07, 6.45) is 5.48. The Balaban J connectivity index is 1.94. The third-order valence-electron chi connectivity index (χ3n) is 3.78. The normalized spacial score (nSPS) is 18.5. The molecule has 1 aliphatic carbocycles. The number of aliphatic hydroxyl groups excluding tert-OH is 1. The molecular formula is C13H20N2O2S. The maximum absolute atomic E-state index is 12.0. The smallest absolute Gasteiger partial charge is 0.263 e.